The zero-order valence-corrected chi connectivity index (χ0v) is 9.37. The quantitative estimate of drug-likeness (QED) is 0.759. The molecule has 1 aromatic rings. The van der Waals surface area contributed by atoms with Crippen molar-refractivity contribution < 1.29 is 4.74 Å². The highest BCUT2D eigenvalue weighted by molar-refractivity contribution is 5.33. The summed E-state index contributed by atoms with van der Waals surface area (Å²) in [5.74, 6) is 6.75. The fourth-order valence-corrected chi connectivity index (χ4v) is 1.42. The lowest BCUT2D eigenvalue weighted by atomic mass is 10.0. The standard InChI is InChI=1S/C12H16N2O/c1-4-5-6-11(13-2)10-7-8-14-9-12(10)15-3/h7-9,11,13H,6H2,1-3H3. The molecule has 1 heterocycles. The van der Waals surface area contributed by atoms with E-state index in [1.807, 2.05) is 20.0 Å². The second-order valence-electron chi connectivity index (χ2n) is 3.09. The Morgan fingerprint density at radius 2 is 2.40 bits per heavy atom. The Balaban J connectivity index is 2.93. The highest BCUT2D eigenvalue weighted by atomic mass is 16.5. The van der Waals surface area contributed by atoms with Crippen molar-refractivity contribution in [3.63, 3.8) is 0 Å². The summed E-state index contributed by atoms with van der Waals surface area (Å²) in [5, 5.41) is 3.22. The first-order chi connectivity index (χ1) is 7.33. The SMILES string of the molecule is CC#CCC(NC)c1ccncc1OC. The fraction of sp³-hybridized carbons (Fsp3) is 0.417. The predicted octanol–water partition coefficient (Wildman–Crippen LogP) is 1.76. The number of hydrogen-bond acceptors (Lipinski definition) is 3. The minimum Gasteiger partial charge on any atom is -0.495 e. The van der Waals surface area contributed by atoms with Crippen LogP contribution in [0, 0.1) is 11.8 Å². The van der Waals surface area contributed by atoms with Crippen LogP contribution in [0.1, 0.15) is 24.9 Å². The van der Waals surface area contributed by atoms with Crippen molar-refractivity contribution in [3.8, 4) is 17.6 Å². The zero-order chi connectivity index (χ0) is 11.1. The molecule has 0 radical (unpaired) electrons. The summed E-state index contributed by atoms with van der Waals surface area (Å²) in [4.78, 5) is 4.02. The van der Waals surface area contributed by atoms with Crippen molar-refractivity contribution in [3.05, 3.63) is 24.0 Å². The average molecular weight is 204 g/mol. The van der Waals surface area contributed by atoms with E-state index in [2.05, 4.69) is 22.1 Å². The number of pyridine rings is 1. The summed E-state index contributed by atoms with van der Waals surface area (Å²) in [5.41, 5.74) is 1.10. The number of nitrogens with one attached hydrogen (secondary N) is 1. The summed E-state index contributed by atoms with van der Waals surface area (Å²) in [6.07, 6.45) is 4.26. The number of methoxy groups -OCH3 is 1. The largest absolute Gasteiger partial charge is 0.495 e. The van der Waals surface area contributed by atoms with Gasteiger partial charge in [-0.2, -0.15) is 0 Å². The molecule has 1 aromatic heterocycles. The van der Waals surface area contributed by atoms with E-state index in [1.54, 1.807) is 19.5 Å². The molecule has 1 unspecified atom stereocenters. The molecular weight excluding hydrogens is 188 g/mol. The Bertz CT molecular complexity index is 365. The Hall–Kier alpha value is -1.53. The van der Waals surface area contributed by atoms with Crippen LogP contribution in [-0.4, -0.2) is 19.1 Å². The molecule has 0 saturated carbocycles. The lowest BCUT2D eigenvalue weighted by Crippen LogP contribution is -2.16. The molecule has 0 amide bonds. The minimum atomic E-state index is 0.190. The summed E-state index contributed by atoms with van der Waals surface area (Å²) in [7, 11) is 3.57. The smallest absolute Gasteiger partial charge is 0.141 e. The van der Waals surface area contributed by atoms with Gasteiger partial charge in [0.25, 0.3) is 0 Å². The van der Waals surface area contributed by atoms with Crippen LogP contribution in [0.3, 0.4) is 0 Å². The second kappa shape index (κ2) is 6.05. The van der Waals surface area contributed by atoms with E-state index in [0.717, 1.165) is 17.7 Å². The molecule has 0 aliphatic rings. The molecule has 0 aliphatic carbocycles. The van der Waals surface area contributed by atoms with Gasteiger partial charge < -0.3 is 10.1 Å². The number of rotatable bonds is 4. The maximum atomic E-state index is 5.26. The van der Waals surface area contributed by atoms with Crippen molar-refractivity contribution in [1.82, 2.24) is 10.3 Å². The fourth-order valence-electron chi connectivity index (χ4n) is 1.42. The Morgan fingerprint density at radius 1 is 1.60 bits per heavy atom. The molecule has 0 bridgehead atoms. The van der Waals surface area contributed by atoms with Crippen LogP contribution in [0.5, 0.6) is 5.75 Å². The first kappa shape index (κ1) is 11.5. The minimum absolute atomic E-state index is 0.190. The molecule has 1 rings (SSSR count). The van der Waals surface area contributed by atoms with Crippen molar-refractivity contribution >= 4 is 0 Å². The molecular formula is C12H16N2O. The number of ether oxygens (including phenoxy) is 1. The third-order valence-corrected chi connectivity index (χ3v) is 2.24. The number of aromatic nitrogens is 1. The van der Waals surface area contributed by atoms with Crippen molar-refractivity contribution in [2.45, 2.75) is 19.4 Å². The van der Waals surface area contributed by atoms with E-state index in [-0.39, 0.29) is 6.04 Å². The maximum absolute atomic E-state index is 5.26. The molecule has 80 valence electrons. The van der Waals surface area contributed by atoms with Gasteiger partial charge in [0.2, 0.25) is 0 Å². The molecule has 1 atom stereocenters. The second-order valence-corrected chi connectivity index (χ2v) is 3.09. The summed E-state index contributed by atoms with van der Waals surface area (Å²) in [6.45, 7) is 1.84. The van der Waals surface area contributed by atoms with E-state index >= 15 is 0 Å². The lowest BCUT2D eigenvalue weighted by Gasteiger charge is -2.16. The maximum Gasteiger partial charge on any atom is 0.141 e. The number of hydrogen-bond donors (Lipinski definition) is 1. The van der Waals surface area contributed by atoms with E-state index in [1.165, 1.54) is 0 Å². The third-order valence-electron chi connectivity index (χ3n) is 2.24. The van der Waals surface area contributed by atoms with Crippen molar-refractivity contribution in [1.29, 1.82) is 0 Å². The molecule has 0 saturated heterocycles. The summed E-state index contributed by atoms with van der Waals surface area (Å²) in [6, 6.07) is 2.15. The van der Waals surface area contributed by atoms with Crippen LogP contribution in [0.4, 0.5) is 0 Å². The van der Waals surface area contributed by atoms with Crippen molar-refractivity contribution in [2.24, 2.45) is 0 Å². The Morgan fingerprint density at radius 3 is 3.00 bits per heavy atom. The molecule has 0 aromatic carbocycles. The summed E-state index contributed by atoms with van der Waals surface area (Å²) < 4.78 is 5.26. The van der Waals surface area contributed by atoms with E-state index in [0.29, 0.717) is 0 Å². The van der Waals surface area contributed by atoms with Crippen molar-refractivity contribution in [2.75, 3.05) is 14.2 Å². The highest BCUT2D eigenvalue weighted by Gasteiger charge is 2.12. The van der Waals surface area contributed by atoms with Gasteiger partial charge in [-0.05, 0) is 20.0 Å². The molecule has 3 heteroatoms. The number of nitrogens with zero attached hydrogens (tertiary/aromatic N) is 1. The first-order valence-corrected chi connectivity index (χ1v) is 4.88. The zero-order valence-electron chi connectivity index (χ0n) is 9.37. The monoisotopic (exact) mass is 204 g/mol. The van der Waals surface area contributed by atoms with Gasteiger partial charge in [0, 0.05) is 24.2 Å². The molecule has 0 aliphatic heterocycles. The molecule has 15 heavy (non-hydrogen) atoms. The van der Waals surface area contributed by atoms with Crippen LogP contribution in [0.25, 0.3) is 0 Å². The first-order valence-electron chi connectivity index (χ1n) is 4.88. The molecule has 1 N–H and O–H groups in total. The molecule has 0 fully saturated rings. The van der Waals surface area contributed by atoms with Gasteiger partial charge in [0.05, 0.1) is 13.3 Å². The summed E-state index contributed by atoms with van der Waals surface area (Å²) >= 11 is 0. The van der Waals surface area contributed by atoms with Gasteiger partial charge in [-0.25, -0.2) is 0 Å². The van der Waals surface area contributed by atoms with Gasteiger partial charge in [-0.1, -0.05) is 0 Å². The van der Waals surface area contributed by atoms with Gasteiger partial charge in [0.1, 0.15) is 5.75 Å². The highest BCUT2D eigenvalue weighted by Crippen LogP contribution is 2.25. The molecule has 0 spiro atoms. The van der Waals surface area contributed by atoms with Crippen LogP contribution >= 0.6 is 0 Å². The van der Waals surface area contributed by atoms with E-state index in [4.69, 9.17) is 4.74 Å². The van der Waals surface area contributed by atoms with Crippen LogP contribution < -0.4 is 10.1 Å². The van der Waals surface area contributed by atoms with Gasteiger partial charge >= 0.3 is 0 Å². The third kappa shape index (κ3) is 2.97. The van der Waals surface area contributed by atoms with Crippen LogP contribution in [0.2, 0.25) is 0 Å². The average Bonchev–Trinajstić information content (AvgIpc) is 2.30. The van der Waals surface area contributed by atoms with Gasteiger partial charge in [-0.15, -0.1) is 11.8 Å². The van der Waals surface area contributed by atoms with Crippen LogP contribution in [-0.2, 0) is 0 Å². The topological polar surface area (TPSA) is 34.2 Å². The van der Waals surface area contributed by atoms with Gasteiger partial charge in [0.15, 0.2) is 0 Å². The van der Waals surface area contributed by atoms with Gasteiger partial charge in [-0.3, -0.25) is 4.98 Å². The normalized spacial score (nSPS) is 11.4. The van der Waals surface area contributed by atoms with Crippen LogP contribution in [0.15, 0.2) is 18.5 Å². The predicted molar refractivity (Wildman–Crippen MR) is 60.7 cm³/mol. The Labute approximate surface area is 90.9 Å². The lowest BCUT2D eigenvalue weighted by molar-refractivity contribution is 0.400. The van der Waals surface area contributed by atoms with E-state index < -0.39 is 0 Å². The molecule has 3 nitrogen and oxygen atoms in total. The van der Waals surface area contributed by atoms with E-state index in [9.17, 15) is 0 Å². The Kier molecular flexibility index (Phi) is 4.65.